The number of rotatable bonds is 6. The highest BCUT2D eigenvalue weighted by molar-refractivity contribution is 6.04. The Labute approximate surface area is 124 Å². The van der Waals surface area contributed by atoms with Crippen LogP contribution in [0.15, 0.2) is 42.7 Å². The highest BCUT2D eigenvalue weighted by atomic mass is 16.1. The molecule has 0 radical (unpaired) electrons. The molecule has 0 aliphatic rings. The monoisotopic (exact) mass is 284 g/mol. The van der Waals surface area contributed by atoms with Crippen molar-refractivity contribution in [3.05, 3.63) is 53.9 Å². The summed E-state index contributed by atoms with van der Waals surface area (Å²) in [5, 5.41) is 13.8. The molecule has 0 spiro atoms. The lowest BCUT2D eigenvalue weighted by molar-refractivity contribution is 0.102. The van der Waals surface area contributed by atoms with Crippen molar-refractivity contribution in [2.45, 2.75) is 26.3 Å². The van der Waals surface area contributed by atoms with Crippen LogP contribution < -0.4 is 10.6 Å². The van der Waals surface area contributed by atoms with Crippen LogP contribution in [0.5, 0.6) is 0 Å². The normalized spacial score (nSPS) is 11.9. The van der Waals surface area contributed by atoms with Gasteiger partial charge in [-0.2, -0.15) is 10.2 Å². The molecule has 0 saturated carbocycles. The van der Waals surface area contributed by atoms with Crippen molar-refractivity contribution in [3.8, 4) is 0 Å². The minimum atomic E-state index is -0.181. The predicted octanol–water partition coefficient (Wildman–Crippen LogP) is 2.79. The van der Waals surface area contributed by atoms with E-state index in [4.69, 9.17) is 0 Å². The number of benzene rings is 1. The summed E-state index contributed by atoms with van der Waals surface area (Å²) in [6.45, 7) is 5.16. The first-order chi connectivity index (χ1) is 10.2. The summed E-state index contributed by atoms with van der Waals surface area (Å²) in [6, 6.07) is 9.64. The molecule has 1 atom stereocenters. The number of carbonyl (C=O) groups is 1. The van der Waals surface area contributed by atoms with E-state index in [0.717, 1.165) is 24.2 Å². The number of para-hydroxylation sites is 1. The van der Waals surface area contributed by atoms with Crippen LogP contribution in [0.3, 0.4) is 0 Å². The number of nitrogens with one attached hydrogen (secondary N) is 2. The molecule has 1 heterocycles. The Morgan fingerprint density at radius 2 is 2.05 bits per heavy atom. The zero-order chi connectivity index (χ0) is 15.1. The van der Waals surface area contributed by atoms with E-state index in [1.165, 1.54) is 12.4 Å². The van der Waals surface area contributed by atoms with Crippen LogP contribution in [0.2, 0.25) is 0 Å². The van der Waals surface area contributed by atoms with Gasteiger partial charge in [0.1, 0.15) is 0 Å². The number of anilines is 1. The molecule has 2 aromatic rings. The Hall–Kier alpha value is -2.27. The van der Waals surface area contributed by atoms with E-state index < -0.39 is 0 Å². The number of nitrogens with zero attached hydrogens (tertiary/aromatic N) is 2. The fourth-order valence-corrected chi connectivity index (χ4v) is 2.08. The van der Waals surface area contributed by atoms with Gasteiger partial charge in [0.2, 0.25) is 0 Å². The summed E-state index contributed by atoms with van der Waals surface area (Å²) in [6.07, 6.45) is 4.03. The fourth-order valence-electron chi connectivity index (χ4n) is 2.08. The lowest BCUT2D eigenvalue weighted by Gasteiger charge is -2.18. The summed E-state index contributed by atoms with van der Waals surface area (Å²) in [5.41, 5.74) is 2.38. The predicted molar refractivity (Wildman–Crippen MR) is 83.1 cm³/mol. The highest BCUT2D eigenvalue weighted by Gasteiger charge is 2.12. The van der Waals surface area contributed by atoms with E-state index in [9.17, 15) is 4.79 Å². The molecule has 1 aromatic carbocycles. The van der Waals surface area contributed by atoms with Gasteiger partial charge in [0, 0.05) is 11.7 Å². The van der Waals surface area contributed by atoms with Crippen LogP contribution in [0.1, 0.15) is 42.2 Å². The lowest BCUT2D eigenvalue weighted by Crippen LogP contribution is -2.21. The second kappa shape index (κ2) is 7.50. The summed E-state index contributed by atoms with van der Waals surface area (Å²) in [4.78, 5) is 12.2. The van der Waals surface area contributed by atoms with Crippen molar-refractivity contribution in [1.29, 1.82) is 0 Å². The molecule has 0 bridgehead atoms. The van der Waals surface area contributed by atoms with Crippen molar-refractivity contribution >= 4 is 11.6 Å². The zero-order valence-electron chi connectivity index (χ0n) is 12.3. The smallest absolute Gasteiger partial charge is 0.257 e. The number of amides is 1. The molecular formula is C16H20N4O. The van der Waals surface area contributed by atoms with Gasteiger partial charge >= 0.3 is 0 Å². The maximum absolute atomic E-state index is 12.2. The van der Waals surface area contributed by atoms with Gasteiger partial charge in [-0.15, -0.1) is 0 Å². The molecule has 21 heavy (non-hydrogen) atoms. The summed E-state index contributed by atoms with van der Waals surface area (Å²) in [5.74, 6) is -0.181. The molecule has 5 heteroatoms. The first kappa shape index (κ1) is 15.1. The number of aromatic nitrogens is 2. The van der Waals surface area contributed by atoms with Gasteiger partial charge in [-0.3, -0.25) is 4.79 Å². The minimum Gasteiger partial charge on any atom is -0.322 e. The third-order valence-corrected chi connectivity index (χ3v) is 3.22. The topological polar surface area (TPSA) is 66.9 Å². The molecule has 1 amide bonds. The molecule has 0 fully saturated rings. The number of hydrogen-bond acceptors (Lipinski definition) is 4. The Bertz CT molecular complexity index is 586. The zero-order valence-corrected chi connectivity index (χ0v) is 12.3. The molecule has 0 aliphatic carbocycles. The van der Waals surface area contributed by atoms with E-state index in [1.54, 1.807) is 6.07 Å². The Kier molecular flexibility index (Phi) is 5.40. The van der Waals surface area contributed by atoms with E-state index >= 15 is 0 Å². The third-order valence-electron chi connectivity index (χ3n) is 3.22. The molecule has 1 aromatic heterocycles. The van der Waals surface area contributed by atoms with Gasteiger partial charge in [0.05, 0.1) is 18.0 Å². The third kappa shape index (κ3) is 4.10. The molecular weight excluding hydrogens is 264 g/mol. The number of carbonyl (C=O) groups excluding carboxylic acids is 1. The van der Waals surface area contributed by atoms with Crippen LogP contribution in [-0.2, 0) is 0 Å². The van der Waals surface area contributed by atoms with Gasteiger partial charge in [-0.25, -0.2) is 0 Å². The van der Waals surface area contributed by atoms with Crippen LogP contribution in [0, 0.1) is 0 Å². The van der Waals surface area contributed by atoms with Gasteiger partial charge < -0.3 is 10.6 Å². The van der Waals surface area contributed by atoms with Crippen LogP contribution in [0.25, 0.3) is 0 Å². The molecule has 2 N–H and O–H groups in total. The quantitative estimate of drug-likeness (QED) is 0.856. The Balaban J connectivity index is 2.15. The van der Waals surface area contributed by atoms with Crippen LogP contribution in [0.4, 0.5) is 5.69 Å². The molecule has 1 unspecified atom stereocenters. The average molecular weight is 284 g/mol. The summed E-state index contributed by atoms with van der Waals surface area (Å²) >= 11 is 0. The van der Waals surface area contributed by atoms with Crippen molar-refractivity contribution in [3.63, 3.8) is 0 Å². The molecule has 5 nitrogen and oxygen atoms in total. The van der Waals surface area contributed by atoms with Crippen LogP contribution >= 0.6 is 0 Å². The second-order valence-electron chi connectivity index (χ2n) is 4.85. The largest absolute Gasteiger partial charge is 0.322 e. The minimum absolute atomic E-state index is 0.178. The van der Waals surface area contributed by atoms with Gasteiger partial charge in [-0.1, -0.05) is 25.1 Å². The van der Waals surface area contributed by atoms with E-state index in [0.29, 0.717) is 5.56 Å². The SMILES string of the molecule is CCCNC(C)c1ccccc1NC(=O)c1ccnnc1. The van der Waals surface area contributed by atoms with Crippen molar-refractivity contribution in [1.82, 2.24) is 15.5 Å². The summed E-state index contributed by atoms with van der Waals surface area (Å²) in [7, 11) is 0. The van der Waals surface area contributed by atoms with E-state index in [1.807, 2.05) is 24.3 Å². The molecule has 0 saturated heterocycles. The molecule has 2 rings (SSSR count). The van der Waals surface area contributed by atoms with E-state index in [2.05, 4.69) is 34.7 Å². The average Bonchev–Trinajstić information content (AvgIpc) is 2.54. The molecule has 0 aliphatic heterocycles. The fraction of sp³-hybridized carbons (Fsp3) is 0.312. The van der Waals surface area contributed by atoms with Crippen molar-refractivity contribution < 1.29 is 4.79 Å². The highest BCUT2D eigenvalue weighted by Crippen LogP contribution is 2.23. The van der Waals surface area contributed by atoms with Crippen molar-refractivity contribution in [2.24, 2.45) is 0 Å². The maximum Gasteiger partial charge on any atom is 0.257 e. The number of hydrogen-bond donors (Lipinski definition) is 2. The standard InChI is InChI=1S/C16H20N4O/c1-3-9-17-12(2)14-6-4-5-7-15(14)20-16(21)13-8-10-18-19-11-13/h4-8,10-12,17H,3,9H2,1-2H3,(H,20,21). The maximum atomic E-state index is 12.2. The van der Waals surface area contributed by atoms with Crippen molar-refractivity contribution in [2.75, 3.05) is 11.9 Å². The first-order valence-electron chi connectivity index (χ1n) is 7.12. The Morgan fingerprint density at radius 3 is 2.76 bits per heavy atom. The lowest BCUT2D eigenvalue weighted by atomic mass is 10.1. The first-order valence-corrected chi connectivity index (χ1v) is 7.12. The van der Waals surface area contributed by atoms with Crippen LogP contribution in [-0.4, -0.2) is 22.6 Å². The molecule has 110 valence electrons. The van der Waals surface area contributed by atoms with Gasteiger partial charge in [-0.05, 0) is 37.6 Å². The van der Waals surface area contributed by atoms with Gasteiger partial charge in [0.25, 0.3) is 5.91 Å². The second-order valence-corrected chi connectivity index (χ2v) is 4.85. The van der Waals surface area contributed by atoms with Gasteiger partial charge in [0.15, 0.2) is 0 Å². The Morgan fingerprint density at radius 1 is 1.24 bits per heavy atom. The summed E-state index contributed by atoms with van der Waals surface area (Å²) < 4.78 is 0. The van der Waals surface area contributed by atoms with E-state index in [-0.39, 0.29) is 11.9 Å².